The molecule has 7 nitrogen and oxygen atoms in total. The van der Waals surface area contributed by atoms with Gasteiger partial charge in [0.05, 0.1) is 45.2 Å². The first-order valence-corrected chi connectivity index (χ1v) is 6.25. The monoisotopic (exact) mass is 259 g/mol. The van der Waals surface area contributed by atoms with Crippen LogP contribution in [0.2, 0.25) is 0 Å². The number of carbonyl (C=O) groups excluding carboxylic acids is 2. The Morgan fingerprint density at radius 1 is 1.33 bits per heavy atom. The van der Waals surface area contributed by atoms with E-state index in [9.17, 15) is 14.7 Å². The number of β-amino-alcohol motifs (C(OH)–C–C–N with tert-alkyl or cyclic N) is 1. The number of rotatable bonds is 7. The Labute approximate surface area is 106 Å². The maximum absolute atomic E-state index is 11.3. The highest BCUT2D eigenvalue weighted by molar-refractivity contribution is 5.80. The molecule has 0 spiro atoms. The lowest BCUT2D eigenvalue weighted by Crippen LogP contribution is -3.14. The molecule has 0 aromatic carbocycles. The summed E-state index contributed by atoms with van der Waals surface area (Å²) >= 11 is 0. The Kier molecular flexibility index (Phi) is 6.63. The second-order valence-corrected chi connectivity index (χ2v) is 4.46. The van der Waals surface area contributed by atoms with Gasteiger partial charge in [0.1, 0.15) is 0 Å². The number of piperazine rings is 1. The lowest BCUT2D eigenvalue weighted by molar-refractivity contribution is -0.903. The molecule has 104 valence electrons. The third-order valence-electron chi connectivity index (χ3n) is 3.11. The van der Waals surface area contributed by atoms with Crippen molar-refractivity contribution < 1.29 is 24.7 Å². The zero-order chi connectivity index (χ0) is 13.4. The fourth-order valence-corrected chi connectivity index (χ4v) is 2.03. The largest absolute Gasteiger partial charge is 0.548 e. The number of aliphatic hydroxyl groups excluding tert-OH is 1. The highest BCUT2D eigenvalue weighted by Gasteiger charge is 2.19. The molecule has 0 saturated carbocycles. The van der Waals surface area contributed by atoms with Crippen molar-refractivity contribution in [3.63, 3.8) is 0 Å². The number of carboxylic acid groups (broad SMARTS) is 1. The molecule has 1 fully saturated rings. The third-order valence-corrected chi connectivity index (χ3v) is 3.11. The fourth-order valence-electron chi connectivity index (χ4n) is 2.03. The summed E-state index contributed by atoms with van der Waals surface area (Å²) in [6, 6.07) is 0. The van der Waals surface area contributed by atoms with Crippen LogP contribution in [0.25, 0.3) is 0 Å². The van der Waals surface area contributed by atoms with Crippen molar-refractivity contribution in [2.75, 3.05) is 52.4 Å². The van der Waals surface area contributed by atoms with Gasteiger partial charge in [-0.25, -0.2) is 0 Å². The average Bonchev–Trinajstić information content (AvgIpc) is 2.36. The highest BCUT2D eigenvalue weighted by Crippen LogP contribution is 1.87. The van der Waals surface area contributed by atoms with Gasteiger partial charge in [0.25, 0.3) is 0 Å². The molecule has 1 saturated heterocycles. The summed E-state index contributed by atoms with van der Waals surface area (Å²) in [4.78, 5) is 25.0. The van der Waals surface area contributed by atoms with Gasteiger partial charge in [-0.3, -0.25) is 9.69 Å². The van der Waals surface area contributed by atoms with E-state index in [1.807, 2.05) is 0 Å². The highest BCUT2D eigenvalue weighted by atomic mass is 16.4. The molecule has 1 aliphatic heterocycles. The van der Waals surface area contributed by atoms with Crippen molar-refractivity contribution >= 4 is 11.9 Å². The van der Waals surface area contributed by atoms with Crippen molar-refractivity contribution in [3.05, 3.63) is 0 Å². The van der Waals surface area contributed by atoms with E-state index >= 15 is 0 Å². The number of nitrogens with one attached hydrogen (secondary N) is 2. The van der Waals surface area contributed by atoms with Crippen LogP contribution in [0.3, 0.4) is 0 Å². The summed E-state index contributed by atoms with van der Waals surface area (Å²) in [7, 11) is 0. The zero-order valence-corrected chi connectivity index (χ0v) is 10.5. The molecule has 0 atom stereocenters. The molecule has 0 bridgehead atoms. The van der Waals surface area contributed by atoms with Gasteiger partial charge < -0.3 is 25.2 Å². The summed E-state index contributed by atoms with van der Waals surface area (Å²) in [5, 5.41) is 21.3. The maximum atomic E-state index is 11.3. The Balaban J connectivity index is 2.10. The lowest BCUT2D eigenvalue weighted by Gasteiger charge is -2.31. The van der Waals surface area contributed by atoms with Crippen molar-refractivity contribution in [1.29, 1.82) is 0 Å². The number of quaternary nitrogens is 1. The molecular weight excluding hydrogens is 238 g/mol. The zero-order valence-electron chi connectivity index (χ0n) is 10.5. The standard InChI is InChI=1S/C11H21N3O4/c15-8-7-14-5-3-13(4-6-14)2-1-10(16)12-9-11(17)18/h15H,1-9H2,(H,12,16)(H,17,18). The van der Waals surface area contributed by atoms with Crippen LogP contribution in [-0.4, -0.2) is 74.3 Å². The number of carbonyl (C=O) groups is 2. The number of nitrogens with zero attached hydrogens (tertiary/aromatic N) is 1. The average molecular weight is 259 g/mol. The van der Waals surface area contributed by atoms with Crippen molar-refractivity contribution in [2.45, 2.75) is 6.42 Å². The number of hydrogen-bond acceptors (Lipinski definition) is 5. The molecule has 0 aliphatic carbocycles. The molecular formula is C11H21N3O4. The Morgan fingerprint density at radius 2 is 2.00 bits per heavy atom. The van der Waals surface area contributed by atoms with Crippen LogP contribution in [0.15, 0.2) is 0 Å². The molecule has 1 amide bonds. The molecule has 1 rings (SSSR count). The Bertz CT molecular complexity index is 277. The van der Waals surface area contributed by atoms with Crippen LogP contribution in [0.4, 0.5) is 0 Å². The Morgan fingerprint density at radius 3 is 2.56 bits per heavy atom. The number of aliphatic hydroxyl groups is 1. The molecule has 18 heavy (non-hydrogen) atoms. The van der Waals surface area contributed by atoms with Gasteiger partial charge in [-0.15, -0.1) is 0 Å². The van der Waals surface area contributed by atoms with Gasteiger partial charge in [0, 0.05) is 19.6 Å². The predicted molar refractivity (Wildman–Crippen MR) is 61.7 cm³/mol. The second-order valence-electron chi connectivity index (χ2n) is 4.46. The molecule has 0 radical (unpaired) electrons. The van der Waals surface area contributed by atoms with Crippen molar-refractivity contribution in [1.82, 2.24) is 10.2 Å². The predicted octanol–water partition coefficient (Wildman–Crippen LogP) is -4.56. The van der Waals surface area contributed by atoms with E-state index in [4.69, 9.17) is 5.11 Å². The summed E-state index contributed by atoms with van der Waals surface area (Å²) in [5.74, 6) is -1.52. The van der Waals surface area contributed by atoms with Crippen LogP contribution >= 0.6 is 0 Å². The van der Waals surface area contributed by atoms with Gasteiger partial charge in [-0.05, 0) is 0 Å². The fraction of sp³-hybridized carbons (Fsp3) is 0.818. The van der Waals surface area contributed by atoms with Gasteiger partial charge >= 0.3 is 0 Å². The summed E-state index contributed by atoms with van der Waals surface area (Å²) in [5.41, 5.74) is 0. The molecule has 0 aromatic heterocycles. The lowest BCUT2D eigenvalue weighted by atomic mass is 10.3. The Hall–Kier alpha value is -1.18. The van der Waals surface area contributed by atoms with Gasteiger partial charge in [0.2, 0.25) is 5.91 Å². The third kappa shape index (κ3) is 5.95. The van der Waals surface area contributed by atoms with E-state index in [0.717, 1.165) is 26.2 Å². The van der Waals surface area contributed by atoms with Crippen LogP contribution in [0, 0.1) is 0 Å². The molecule has 0 unspecified atom stereocenters. The minimum Gasteiger partial charge on any atom is -0.548 e. The number of aliphatic carboxylic acids is 1. The van der Waals surface area contributed by atoms with Crippen LogP contribution in [0.5, 0.6) is 0 Å². The number of amides is 1. The minimum atomic E-state index is -1.27. The SMILES string of the molecule is O=C([O-])CNC(=O)CC[NH+]1CCN(CCO)CC1. The van der Waals surface area contributed by atoms with E-state index in [0.29, 0.717) is 19.5 Å². The first-order valence-electron chi connectivity index (χ1n) is 6.25. The van der Waals surface area contributed by atoms with Crippen LogP contribution < -0.4 is 15.3 Å². The van der Waals surface area contributed by atoms with E-state index in [1.165, 1.54) is 4.90 Å². The quantitative estimate of drug-likeness (QED) is 0.428. The normalized spacial score (nSPS) is 17.6. The molecule has 0 aromatic rings. The van der Waals surface area contributed by atoms with E-state index < -0.39 is 12.5 Å². The van der Waals surface area contributed by atoms with E-state index in [1.54, 1.807) is 0 Å². The number of carboxylic acids is 1. The summed E-state index contributed by atoms with van der Waals surface area (Å²) in [6.07, 6.45) is 0.336. The smallest absolute Gasteiger partial charge is 0.225 e. The minimum absolute atomic E-state index is 0.182. The van der Waals surface area contributed by atoms with Crippen LogP contribution in [-0.2, 0) is 9.59 Å². The molecule has 7 heteroatoms. The first-order chi connectivity index (χ1) is 8.61. The maximum Gasteiger partial charge on any atom is 0.225 e. The molecule has 3 N–H and O–H groups in total. The molecule has 1 aliphatic rings. The van der Waals surface area contributed by atoms with Gasteiger partial charge in [-0.2, -0.15) is 0 Å². The molecule has 1 heterocycles. The van der Waals surface area contributed by atoms with E-state index in [2.05, 4.69) is 10.2 Å². The van der Waals surface area contributed by atoms with Crippen LogP contribution in [0.1, 0.15) is 6.42 Å². The first kappa shape index (κ1) is 14.9. The summed E-state index contributed by atoms with van der Waals surface area (Å²) in [6.45, 7) is 4.94. The topological polar surface area (TPSA) is 97.1 Å². The van der Waals surface area contributed by atoms with Crippen molar-refractivity contribution in [3.8, 4) is 0 Å². The summed E-state index contributed by atoms with van der Waals surface area (Å²) < 4.78 is 0. The van der Waals surface area contributed by atoms with Crippen molar-refractivity contribution in [2.24, 2.45) is 0 Å². The second kappa shape index (κ2) is 8.02. The van der Waals surface area contributed by atoms with E-state index in [-0.39, 0.29) is 12.5 Å². The number of hydrogen-bond donors (Lipinski definition) is 3. The van der Waals surface area contributed by atoms with Gasteiger partial charge in [-0.1, -0.05) is 0 Å². The van der Waals surface area contributed by atoms with Gasteiger partial charge in [0.15, 0.2) is 0 Å².